The Morgan fingerprint density at radius 3 is 2.43 bits per heavy atom. The van der Waals surface area contributed by atoms with Crippen LogP contribution in [-0.4, -0.2) is 22.9 Å². The average molecular weight is 290 g/mol. The van der Waals surface area contributed by atoms with Crippen molar-refractivity contribution in [3.63, 3.8) is 0 Å². The third-order valence-electron chi connectivity index (χ3n) is 3.57. The van der Waals surface area contributed by atoms with E-state index < -0.39 is 11.4 Å². The Hall–Kier alpha value is -2.37. The van der Waals surface area contributed by atoms with E-state index in [4.69, 9.17) is 5.11 Å². The Morgan fingerprint density at radius 2 is 1.81 bits per heavy atom. The van der Waals surface area contributed by atoms with Crippen molar-refractivity contribution < 1.29 is 19.5 Å². The highest BCUT2D eigenvalue weighted by Crippen LogP contribution is 2.28. The fraction of sp³-hybridized carbons (Fsp3) is 0.400. The van der Waals surface area contributed by atoms with Crippen LogP contribution in [0.25, 0.3) is 0 Å². The highest BCUT2D eigenvalue weighted by Gasteiger charge is 2.26. The van der Waals surface area contributed by atoms with Gasteiger partial charge in [0, 0.05) is 0 Å². The van der Waals surface area contributed by atoms with Gasteiger partial charge in [-0.25, -0.2) is 0 Å². The van der Waals surface area contributed by atoms with Gasteiger partial charge in [-0.15, -0.1) is 0 Å². The molecule has 21 heavy (non-hydrogen) atoms. The fourth-order valence-electron chi connectivity index (χ4n) is 2.06. The van der Waals surface area contributed by atoms with E-state index >= 15 is 0 Å². The zero-order valence-electron chi connectivity index (χ0n) is 12.0. The lowest BCUT2D eigenvalue weighted by Gasteiger charge is -2.19. The van der Waals surface area contributed by atoms with Crippen LogP contribution in [0.4, 0.5) is 11.4 Å². The van der Waals surface area contributed by atoms with Crippen LogP contribution in [0.15, 0.2) is 18.2 Å². The highest BCUT2D eigenvalue weighted by molar-refractivity contribution is 6.13. The van der Waals surface area contributed by atoms with Gasteiger partial charge < -0.3 is 15.7 Å². The number of aryl methyl sites for hydroxylation is 1. The second kappa shape index (κ2) is 5.55. The molecule has 1 heterocycles. The van der Waals surface area contributed by atoms with Gasteiger partial charge in [0.1, 0.15) is 6.42 Å². The Bertz CT molecular complexity index is 608. The molecule has 0 spiro atoms. The van der Waals surface area contributed by atoms with Gasteiger partial charge in [-0.1, -0.05) is 6.07 Å². The largest absolute Gasteiger partial charge is 0.481 e. The molecule has 0 saturated carbocycles. The van der Waals surface area contributed by atoms with Crippen LogP contribution in [0.3, 0.4) is 0 Å². The molecule has 112 valence electrons. The maximum absolute atomic E-state index is 11.5. The van der Waals surface area contributed by atoms with Crippen molar-refractivity contribution in [3.8, 4) is 0 Å². The third kappa shape index (κ3) is 3.59. The Balaban J connectivity index is 2.16. The average Bonchev–Trinajstić information content (AvgIpc) is 2.52. The third-order valence-corrected chi connectivity index (χ3v) is 3.57. The number of amides is 2. The van der Waals surface area contributed by atoms with Crippen LogP contribution in [0, 0.1) is 5.41 Å². The molecular weight excluding hydrogens is 272 g/mol. The molecule has 0 radical (unpaired) electrons. The standard InChI is InChI=1S/C15H18N2O4/c1-15(2,14(20)21)6-5-9-3-4-10-11(7-9)17-13(19)8-12(18)16-10/h3-4,7H,5-6,8H2,1-2H3,(H,16,18)(H,17,19)(H,20,21). The molecule has 6 nitrogen and oxygen atoms in total. The molecule has 1 aromatic carbocycles. The topological polar surface area (TPSA) is 95.5 Å². The Kier molecular flexibility index (Phi) is 3.97. The molecule has 0 bridgehead atoms. The van der Waals surface area contributed by atoms with Crippen molar-refractivity contribution >= 4 is 29.2 Å². The van der Waals surface area contributed by atoms with Crippen LogP contribution in [0.2, 0.25) is 0 Å². The van der Waals surface area contributed by atoms with E-state index in [2.05, 4.69) is 10.6 Å². The number of carbonyl (C=O) groups is 3. The SMILES string of the molecule is CC(C)(CCc1ccc2c(c1)NC(=O)CC(=O)N2)C(=O)O. The Labute approximate surface area is 122 Å². The molecule has 3 N–H and O–H groups in total. The zero-order valence-corrected chi connectivity index (χ0v) is 12.0. The lowest BCUT2D eigenvalue weighted by Crippen LogP contribution is -2.24. The summed E-state index contributed by atoms with van der Waals surface area (Å²) in [6, 6.07) is 5.33. The van der Waals surface area contributed by atoms with Crippen LogP contribution < -0.4 is 10.6 Å². The molecule has 0 aromatic heterocycles. The van der Waals surface area contributed by atoms with Gasteiger partial charge in [-0.2, -0.15) is 0 Å². The summed E-state index contributed by atoms with van der Waals surface area (Å²) in [5.74, 6) is -1.53. The van der Waals surface area contributed by atoms with Gasteiger partial charge in [0.2, 0.25) is 11.8 Å². The maximum atomic E-state index is 11.5. The van der Waals surface area contributed by atoms with E-state index in [0.717, 1.165) is 5.56 Å². The van der Waals surface area contributed by atoms with E-state index in [1.807, 2.05) is 6.07 Å². The van der Waals surface area contributed by atoms with Crippen LogP contribution >= 0.6 is 0 Å². The number of benzene rings is 1. The summed E-state index contributed by atoms with van der Waals surface area (Å²) in [5.41, 5.74) is 1.23. The van der Waals surface area contributed by atoms with Crippen molar-refractivity contribution in [3.05, 3.63) is 23.8 Å². The van der Waals surface area contributed by atoms with Crippen molar-refractivity contribution in [1.82, 2.24) is 0 Å². The van der Waals surface area contributed by atoms with E-state index in [-0.39, 0.29) is 18.2 Å². The molecule has 0 atom stereocenters. The van der Waals surface area contributed by atoms with Crippen molar-refractivity contribution in [2.24, 2.45) is 5.41 Å². The monoisotopic (exact) mass is 290 g/mol. The van der Waals surface area contributed by atoms with Crippen LogP contribution in [-0.2, 0) is 20.8 Å². The molecule has 2 rings (SSSR count). The minimum absolute atomic E-state index is 0.198. The molecule has 2 amide bonds. The molecule has 6 heteroatoms. The summed E-state index contributed by atoms with van der Waals surface area (Å²) in [6.07, 6.45) is 0.869. The number of hydrogen-bond acceptors (Lipinski definition) is 3. The minimum Gasteiger partial charge on any atom is -0.481 e. The summed E-state index contributed by atoms with van der Waals surface area (Å²) in [6.45, 7) is 3.36. The second-order valence-corrected chi connectivity index (χ2v) is 5.84. The summed E-state index contributed by atoms with van der Waals surface area (Å²) >= 11 is 0. The highest BCUT2D eigenvalue weighted by atomic mass is 16.4. The van der Waals surface area contributed by atoms with Gasteiger partial charge in [-0.3, -0.25) is 14.4 Å². The molecule has 1 aromatic rings. The number of nitrogens with one attached hydrogen (secondary N) is 2. The molecule has 0 aliphatic carbocycles. The van der Waals surface area contributed by atoms with Gasteiger partial charge in [0.15, 0.2) is 0 Å². The number of carboxylic acid groups (broad SMARTS) is 1. The zero-order chi connectivity index (χ0) is 15.6. The smallest absolute Gasteiger partial charge is 0.309 e. The number of carboxylic acids is 1. The van der Waals surface area contributed by atoms with Gasteiger partial charge in [-0.05, 0) is 44.4 Å². The lowest BCUT2D eigenvalue weighted by molar-refractivity contribution is -0.147. The molecule has 0 saturated heterocycles. The number of anilines is 2. The predicted molar refractivity (Wildman–Crippen MR) is 78.1 cm³/mol. The van der Waals surface area contributed by atoms with Crippen LogP contribution in [0.5, 0.6) is 0 Å². The van der Waals surface area contributed by atoms with Crippen LogP contribution in [0.1, 0.15) is 32.3 Å². The summed E-state index contributed by atoms with van der Waals surface area (Å²) in [7, 11) is 0. The van der Waals surface area contributed by atoms with Gasteiger partial charge in [0.05, 0.1) is 16.8 Å². The number of rotatable bonds is 4. The number of hydrogen-bond donors (Lipinski definition) is 3. The predicted octanol–water partition coefficient (Wildman–Crippen LogP) is 2.01. The Morgan fingerprint density at radius 1 is 1.19 bits per heavy atom. The minimum atomic E-state index is -0.835. The van der Waals surface area contributed by atoms with Gasteiger partial charge in [0.25, 0.3) is 0 Å². The molecule has 1 aliphatic heterocycles. The van der Waals surface area contributed by atoms with E-state index in [9.17, 15) is 14.4 Å². The first-order valence-corrected chi connectivity index (χ1v) is 6.74. The first kappa shape index (κ1) is 15.0. The molecule has 0 unspecified atom stereocenters. The van der Waals surface area contributed by atoms with Crippen molar-refractivity contribution in [2.45, 2.75) is 33.1 Å². The maximum Gasteiger partial charge on any atom is 0.309 e. The van der Waals surface area contributed by atoms with E-state index in [1.54, 1.807) is 26.0 Å². The molecule has 1 aliphatic rings. The first-order chi connectivity index (χ1) is 9.78. The number of aliphatic carboxylic acids is 1. The fourth-order valence-corrected chi connectivity index (χ4v) is 2.06. The van der Waals surface area contributed by atoms with Crippen molar-refractivity contribution in [1.29, 1.82) is 0 Å². The summed E-state index contributed by atoms with van der Waals surface area (Å²) < 4.78 is 0. The molecular formula is C15H18N2O4. The number of fused-ring (bicyclic) bond motifs is 1. The molecule has 0 fully saturated rings. The van der Waals surface area contributed by atoms with Crippen molar-refractivity contribution in [2.75, 3.05) is 10.6 Å². The quantitative estimate of drug-likeness (QED) is 0.739. The normalized spacial score (nSPS) is 14.8. The summed E-state index contributed by atoms with van der Waals surface area (Å²) in [5, 5.41) is 14.4. The lowest BCUT2D eigenvalue weighted by atomic mass is 9.86. The summed E-state index contributed by atoms with van der Waals surface area (Å²) in [4.78, 5) is 34.1. The first-order valence-electron chi connectivity index (χ1n) is 6.74. The number of carbonyl (C=O) groups excluding carboxylic acids is 2. The van der Waals surface area contributed by atoms with Gasteiger partial charge >= 0.3 is 5.97 Å². The van der Waals surface area contributed by atoms with E-state index in [0.29, 0.717) is 24.2 Å². The van der Waals surface area contributed by atoms with E-state index in [1.165, 1.54) is 0 Å². The second-order valence-electron chi connectivity index (χ2n) is 5.84.